The van der Waals surface area contributed by atoms with Crippen LogP contribution in [0.15, 0.2) is 23.1 Å². The number of nitrogens with one attached hydrogen (secondary N) is 1. The van der Waals surface area contributed by atoms with E-state index in [1.165, 1.54) is 0 Å². The molecule has 0 unspecified atom stereocenters. The van der Waals surface area contributed by atoms with Gasteiger partial charge in [0.15, 0.2) is 0 Å². The van der Waals surface area contributed by atoms with Gasteiger partial charge in [-0.3, -0.25) is 0 Å². The summed E-state index contributed by atoms with van der Waals surface area (Å²) in [6, 6.07) is 6.02. The molecule has 0 fully saturated rings. The average Bonchev–Trinajstić information content (AvgIpc) is 2.17. The Kier molecular flexibility index (Phi) is 3.63. The van der Waals surface area contributed by atoms with Crippen molar-refractivity contribution in [2.45, 2.75) is 17.9 Å². The Labute approximate surface area is 83.4 Å². The lowest BCUT2D eigenvalue weighted by Gasteiger charge is -2.13. The highest BCUT2D eigenvalue weighted by molar-refractivity contribution is 7.98. The van der Waals surface area contributed by atoms with Crippen LogP contribution in [0.1, 0.15) is 18.5 Å². The molecule has 0 aliphatic carbocycles. The molecule has 1 aromatic rings. The highest BCUT2D eigenvalue weighted by Gasteiger charge is 2.10. The number of hydrogen-bond acceptors (Lipinski definition) is 3. The zero-order valence-electron chi connectivity index (χ0n) is 8.16. The van der Waals surface area contributed by atoms with Crippen molar-refractivity contribution >= 4 is 11.8 Å². The van der Waals surface area contributed by atoms with E-state index in [1.54, 1.807) is 11.8 Å². The molecule has 0 aliphatic heterocycles. The third-order valence-electron chi connectivity index (χ3n) is 2.15. The van der Waals surface area contributed by atoms with E-state index in [0.717, 1.165) is 10.5 Å². The van der Waals surface area contributed by atoms with E-state index in [1.807, 2.05) is 38.4 Å². The molecule has 0 amide bonds. The molecule has 2 nitrogen and oxygen atoms in total. The molecule has 72 valence electrons. The Morgan fingerprint density at radius 3 is 2.69 bits per heavy atom. The first kappa shape index (κ1) is 10.4. The molecular weight excluding hydrogens is 182 g/mol. The van der Waals surface area contributed by atoms with Gasteiger partial charge in [0, 0.05) is 16.5 Å². The van der Waals surface area contributed by atoms with Crippen LogP contribution in [-0.4, -0.2) is 18.4 Å². The Bertz CT molecular complexity index is 288. The van der Waals surface area contributed by atoms with Crippen LogP contribution in [0.3, 0.4) is 0 Å². The van der Waals surface area contributed by atoms with Crippen LogP contribution in [0, 0.1) is 0 Å². The molecule has 0 spiro atoms. The van der Waals surface area contributed by atoms with E-state index in [0.29, 0.717) is 5.75 Å². The van der Waals surface area contributed by atoms with Gasteiger partial charge in [-0.25, -0.2) is 0 Å². The third kappa shape index (κ3) is 2.17. The second-order valence-corrected chi connectivity index (χ2v) is 3.76. The molecule has 1 aromatic carbocycles. The third-order valence-corrected chi connectivity index (χ3v) is 2.92. The minimum Gasteiger partial charge on any atom is -0.506 e. The summed E-state index contributed by atoms with van der Waals surface area (Å²) in [5, 5.41) is 12.9. The van der Waals surface area contributed by atoms with Gasteiger partial charge >= 0.3 is 0 Å². The van der Waals surface area contributed by atoms with E-state index < -0.39 is 0 Å². The van der Waals surface area contributed by atoms with Crippen molar-refractivity contribution in [3.05, 3.63) is 23.8 Å². The largest absolute Gasteiger partial charge is 0.506 e. The van der Waals surface area contributed by atoms with Crippen LogP contribution >= 0.6 is 11.8 Å². The van der Waals surface area contributed by atoms with Crippen molar-refractivity contribution in [1.82, 2.24) is 5.32 Å². The van der Waals surface area contributed by atoms with Gasteiger partial charge in [-0.15, -0.1) is 11.8 Å². The van der Waals surface area contributed by atoms with Crippen LogP contribution in [0.25, 0.3) is 0 Å². The van der Waals surface area contributed by atoms with Crippen molar-refractivity contribution in [3.8, 4) is 5.75 Å². The van der Waals surface area contributed by atoms with Crippen LogP contribution in [0.2, 0.25) is 0 Å². The summed E-state index contributed by atoms with van der Waals surface area (Å²) in [6.45, 7) is 2.03. The monoisotopic (exact) mass is 197 g/mol. The first-order chi connectivity index (χ1) is 6.20. The molecule has 0 saturated heterocycles. The van der Waals surface area contributed by atoms with Gasteiger partial charge in [0.05, 0.1) is 0 Å². The lowest BCUT2D eigenvalue weighted by atomic mass is 10.1. The van der Waals surface area contributed by atoms with E-state index in [9.17, 15) is 5.11 Å². The molecule has 1 atom stereocenters. The Hall–Kier alpha value is -0.670. The molecule has 2 N–H and O–H groups in total. The number of rotatable bonds is 3. The van der Waals surface area contributed by atoms with Crippen LogP contribution in [0.4, 0.5) is 0 Å². The standard InChI is InChI=1S/C10H15NOS/c1-7(11-2)8-5-4-6-9(13-3)10(8)12/h4-7,11-12H,1-3H3/t7-/m0/s1. The number of aromatic hydroxyl groups is 1. The van der Waals surface area contributed by atoms with Crippen molar-refractivity contribution in [2.75, 3.05) is 13.3 Å². The molecule has 0 aromatic heterocycles. The molecule has 3 heteroatoms. The maximum atomic E-state index is 9.83. The number of phenols is 1. The first-order valence-corrected chi connectivity index (χ1v) is 5.46. The van der Waals surface area contributed by atoms with Gasteiger partial charge in [-0.05, 0) is 26.3 Å². The summed E-state index contributed by atoms with van der Waals surface area (Å²) in [5.41, 5.74) is 0.953. The van der Waals surface area contributed by atoms with Gasteiger partial charge in [-0.1, -0.05) is 12.1 Å². The zero-order chi connectivity index (χ0) is 9.84. The number of hydrogen-bond donors (Lipinski definition) is 2. The molecule has 0 aliphatic rings. The smallest absolute Gasteiger partial charge is 0.133 e. The van der Waals surface area contributed by atoms with E-state index >= 15 is 0 Å². The normalized spacial score (nSPS) is 12.8. The van der Waals surface area contributed by atoms with Crippen LogP contribution in [-0.2, 0) is 0 Å². The molecular formula is C10H15NOS. The fourth-order valence-corrected chi connectivity index (χ4v) is 1.73. The Morgan fingerprint density at radius 2 is 2.15 bits per heavy atom. The van der Waals surface area contributed by atoms with E-state index in [-0.39, 0.29) is 6.04 Å². The number of para-hydroxylation sites is 1. The van der Waals surface area contributed by atoms with E-state index in [4.69, 9.17) is 0 Å². The summed E-state index contributed by atoms with van der Waals surface area (Å²) in [6.07, 6.45) is 1.96. The number of phenolic OH excluding ortho intramolecular Hbond substituents is 1. The average molecular weight is 197 g/mol. The number of benzene rings is 1. The van der Waals surface area contributed by atoms with Gasteiger partial charge in [0.2, 0.25) is 0 Å². The number of thioether (sulfide) groups is 1. The first-order valence-electron chi connectivity index (χ1n) is 4.23. The molecule has 0 heterocycles. The minimum absolute atomic E-state index is 0.187. The van der Waals surface area contributed by atoms with E-state index in [2.05, 4.69) is 5.32 Å². The highest BCUT2D eigenvalue weighted by atomic mass is 32.2. The maximum absolute atomic E-state index is 9.83. The summed E-state index contributed by atoms with van der Waals surface area (Å²) >= 11 is 1.56. The van der Waals surface area contributed by atoms with Crippen molar-refractivity contribution in [1.29, 1.82) is 0 Å². The van der Waals surface area contributed by atoms with Gasteiger partial charge < -0.3 is 10.4 Å². The van der Waals surface area contributed by atoms with Crippen LogP contribution in [0.5, 0.6) is 5.75 Å². The quantitative estimate of drug-likeness (QED) is 0.730. The molecule has 0 bridgehead atoms. The summed E-state index contributed by atoms with van der Waals surface area (Å²) in [4.78, 5) is 0.930. The summed E-state index contributed by atoms with van der Waals surface area (Å²) < 4.78 is 0. The topological polar surface area (TPSA) is 32.3 Å². The van der Waals surface area contributed by atoms with Gasteiger partial charge in [-0.2, -0.15) is 0 Å². The fraction of sp³-hybridized carbons (Fsp3) is 0.400. The Morgan fingerprint density at radius 1 is 1.46 bits per heavy atom. The lowest BCUT2D eigenvalue weighted by molar-refractivity contribution is 0.445. The SMILES string of the molecule is CN[C@@H](C)c1cccc(SC)c1O. The van der Waals surface area contributed by atoms with Gasteiger partial charge in [0.25, 0.3) is 0 Å². The second kappa shape index (κ2) is 4.53. The minimum atomic E-state index is 0.187. The fourth-order valence-electron chi connectivity index (χ4n) is 1.21. The van der Waals surface area contributed by atoms with Crippen molar-refractivity contribution in [2.24, 2.45) is 0 Å². The highest BCUT2D eigenvalue weighted by Crippen LogP contribution is 2.32. The zero-order valence-corrected chi connectivity index (χ0v) is 8.98. The molecule has 1 rings (SSSR count). The summed E-state index contributed by atoms with van der Waals surface area (Å²) in [5.74, 6) is 0.400. The van der Waals surface area contributed by atoms with Crippen molar-refractivity contribution < 1.29 is 5.11 Å². The van der Waals surface area contributed by atoms with Crippen LogP contribution < -0.4 is 5.32 Å². The second-order valence-electron chi connectivity index (χ2n) is 2.91. The predicted molar refractivity (Wildman–Crippen MR) is 57.4 cm³/mol. The molecule has 0 saturated carbocycles. The predicted octanol–water partition coefficient (Wildman–Crippen LogP) is 2.39. The summed E-state index contributed by atoms with van der Waals surface area (Å²) in [7, 11) is 1.88. The molecule has 13 heavy (non-hydrogen) atoms. The lowest BCUT2D eigenvalue weighted by Crippen LogP contribution is -2.12. The Balaban J connectivity index is 3.08. The maximum Gasteiger partial charge on any atom is 0.133 e. The molecule has 0 radical (unpaired) electrons. The van der Waals surface area contributed by atoms with Crippen molar-refractivity contribution in [3.63, 3.8) is 0 Å². The van der Waals surface area contributed by atoms with Gasteiger partial charge in [0.1, 0.15) is 5.75 Å².